The Hall–Kier alpha value is -2.58. The summed E-state index contributed by atoms with van der Waals surface area (Å²) in [7, 11) is -3.68. The van der Waals surface area contributed by atoms with E-state index in [4.69, 9.17) is 0 Å². The molecular formula is C27H36N4O3S. The van der Waals surface area contributed by atoms with Crippen molar-refractivity contribution in [1.29, 1.82) is 0 Å². The zero-order chi connectivity index (χ0) is 24.3. The summed E-state index contributed by atoms with van der Waals surface area (Å²) in [4.78, 5) is 18.0. The van der Waals surface area contributed by atoms with Crippen molar-refractivity contribution >= 4 is 33.0 Å². The van der Waals surface area contributed by atoms with Crippen LogP contribution in [0.4, 0.5) is 17.1 Å². The second-order valence-electron chi connectivity index (χ2n) is 9.89. The Bertz CT molecular complexity index is 1150. The lowest BCUT2D eigenvalue weighted by Crippen LogP contribution is -2.37. The SMILES string of the molecule is O=C(Nc1cccc(N2CCCC2)c1)c1ccc(N2CCCCC2)c(S(=O)(=O)N2CCCCC2)c1. The average molecular weight is 497 g/mol. The minimum absolute atomic E-state index is 0.264. The maximum Gasteiger partial charge on any atom is 0.255 e. The molecule has 1 N–H and O–H groups in total. The number of rotatable bonds is 6. The van der Waals surface area contributed by atoms with Crippen molar-refractivity contribution in [2.75, 3.05) is 54.4 Å². The van der Waals surface area contributed by atoms with Crippen LogP contribution in [0.3, 0.4) is 0 Å². The van der Waals surface area contributed by atoms with Crippen LogP contribution in [0.15, 0.2) is 47.4 Å². The highest BCUT2D eigenvalue weighted by Gasteiger charge is 2.31. The molecule has 3 aliphatic heterocycles. The van der Waals surface area contributed by atoms with Gasteiger partial charge in [0.1, 0.15) is 4.90 Å². The van der Waals surface area contributed by atoms with E-state index in [1.165, 1.54) is 19.3 Å². The molecule has 0 radical (unpaired) electrons. The molecule has 0 unspecified atom stereocenters. The van der Waals surface area contributed by atoms with Gasteiger partial charge in [0.25, 0.3) is 5.91 Å². The molecule has 8 heteroatoms. The van der Waals surface area contributed by atoms with Crippen molar-refractivity contribution in [2.24, 2.45) is 0 Å². The molecule has 1 amide bonds. The van der Waals surface area contributed by atoms with Crippen molar-refractivity contribution in [3.05, 3.63) is 48.0 Å². The van der Waals surface area contributed by atoms with Gasteiger partial charge in [0.05, 0.1) is 5.69 Å². The van der Waals surface area contributed by atoms with Gasteiger partial charge >= 0.3 is 0 Å². The molecule has 7 nitrogen and oxygen atoms in total. The van der Waals surface area contributed by atoms with Gasteiger partial charge in [-0.3, -0.25) is 4.79 Å². The summed E-state index contributed by atoms with van der Waals surface area (Å²) in [6, 6.07) is 13.1. The topological polar surface area (TPSA) is 73.0 Å². The lowest BCUT2D eigenvalue weighted by Gasteiger charge is -2.33. The normalized spacial score (nSPS) is 19.7. The predicted molar refractivity (Wildman–Crippen MR) is 141 cm³/mol. The number of nitrogens with zero attached hydrogens (tertiary/aromatic N) is 3. The summed E-state index contributed by atoms with van der Waals surface area (Å²) >= 11 is 0. The fourth-order valence-corrected chi connectivity index (χ4v) is 7.22. The first-order chi connectivity index (χ1) is 17.0. The molecule has 0 saturated carbocycles. The molecule has 0 aromatic heterocycles. The van der Waals surface area contributed by atoms with E-state index in [9.17, 15) is 13.2 Å². The van der Waals surface area contributed by atoms with E-state index >= 15 is 0 Å². The molecule has 0 atom stereocenters. The summed E-state index contributed by atoms with van der Waals surface area (Å²) in [6.45, 7) is 4.85. The Morgan fingerprint density at radius 3 is 2.06 bits per heavy atom. The van der Waals surface area contributed by atoms with Crippen molar-refractivity contribution in [2.45, 2.75) is 56.3 Å². The van der Waals surface area contributed by atoms with E-state index in [-0.39, 0.29) is 10.8 Å². The van der Waals surface area contributed by atoms with Gasteiger partial charge in [-0.1, -0.05) is 12.5 Å². The molecule has 0 bridgehead atoms. The average Bonchev–Trinajstić information content (AvgIpc) is 3.45. The van der Waals surface area contributed by atoms with Gasteiger partial charge < -0.3 is 15.1 Å². The highest BCUT2D eigenvalue weighted by molar-refractivity contribution is 7.89. The van der Waals surface area contributed by atoms with Crippen molar-refractivity contribution in [3.8, 4) is 0 Å². The van der Waals surface area contributed by atoms with Gasteiger partial charge in [0.2, 0.25) is 10.0 Å². The minimum Gasteiger partial charge on any atom is -0.371 e. The van der Waals surface area contributed by atoms with Gasteiger partial charge in [-0.15, -0.1) is 0 Å². The third-order valence-electron chi connectivity index (χ3n) is 7.43. The maximum absolute atomic E-state index is 13.7. The van der Waals surface area contributed by atoms with Gasteiger partial charge in [-0.25, -0.2) is 8.42 Å². The van der Waals surface area contributed by atoms with Crippen LogP contribution in [0, 0.1) is 0 Å². The number of carbonyl (C=O) groups excluding carboxylic acids is 1. The van der Waals surface area contributed by atoms with Crippen molar-refractivity contribution in [1.82, 2.24) is 4.31 Å². The predicted octanol–water partition coefficient (Wildman–Crippen LogP) is 4.70. The first-order valence-electron chi connectivity index (χ1n) is 13.1. The quantitative estimate of drug-likeness (QED) is 0.627. The van der Waals surface area contributed by atoms with E-state index in [1.807, 2.05) is 24.3 Å². The first-order valence-corrected chi connectivity index (χ1v) is 14.5. The van der Waals surface area contributed by atoms with Crippen LogP contribution in [-0.4, -0.2) is 57.9 Å². The summed E-state index contributed by atoms with van der Waals surface area (Å²) in [6.07, 6.45) is 8.48. The third kappa shape index (κ3) is 5.33. The number of hydrogen-bond acceptors (Lipinski definition) is 5. The molecule has 3 aliphatic rings. The number of amides is 1. The molecular weight excluding hydrogens is 460 g/mol. The maximum atomic E-state index is 13.7. The van der Waals surface area contributed by atoms with Crippen LogP contribution in [-0.2, 0) is 10.0 Å². The number of anilines is 3. The number of benzene rings is 2. The molecule has 2 aromatic rings. The number of carbonyl (C=O) groups is 1. The monoisotopic (exact) mass is 496 g/mol. The molecule has 35 heavy (non-hydrogen) atoms. The Morgan fingerprint density at radius 2 is 1.34 bits per heavy atom. The van der Waals surface area contributed by atoms with Gasteiger partial charge in [0, 0.05) is 56.2 Å². The molecule has 0 spiro atoms. The highest BCUT2D eigenvalue weighted by atomic mass is 32.2. The molecule has 2 aromatic carbocycles. The third-order valence-corrected chi connectivity index (χ3v) is 9.35. The Kier molecular flexibility index (Phi) is 7.29. The number of sulfonamides is 1. The summed E-state index contributed by atoms with van der Waals surface area (Å²) < 4.78 is 29.1. The van der Waals surface area contributed by atoms with Gasteiger partial charge in [-0.2, -0.15) is 4.31 Å². The highest BCUT2D eigenvalue weighted by Crippen LogP contribution is 2.33. The fraction of sp³-hybridized carbons (Fsp3) is 0.519. The Balaban J connectivity index is 1.43. The summed E-state index contributed by atoms with van der Waals surface area (Å²) in [5.74, 6) is -0.288. The largest absolute Gasteiger partial charge is 0.371 e. The number of piperidine rings is 2. The standard InChI is InChI=1S/C27H36N4O3S/c32-27(28-23-10-9-11-24(21-23)29-14-7-8-15-29)22-12-13-25(30-16-3-1-4-17-30)26(20-22)35(33,34)31-18-5-2-6-19-31/h9-13,20-21H,1-8,14-19H2,(H,28,32). The second-order valence-corrected chi connectivity index (χ2v) is 11.8. The zero-order valence-corrected chi connectivity index (χ0v) is 21.2. The molecule has 5 rings (SSSR count). The minimum atomic E-state index is -3.68. The summed E-state index contributed by atoms with van der Waals surface area (Å²) in [5, 5.41) is 2.99. The number of nitrogens with one attached hydrogen (secondary N) is 1. The van der Waals surface area contributed by atoms with Crippen LogP contribution >= 0.6 is 0 Å². The fourth-order valence-electron chi connectivity index (χ4n) is 5.46. The molecule has 3 heterocycles. The van der Waals surface area contributed by atoms with Crippen LogP contribution in [0.2, 0.25) is 0 Å². The Morgan fingerprint density at radius 1 is 0.714 bits per heavy atom. The van der Waals surface area contributed by atoms with E-state index in [1.54, 1.807) is 16.4 Å². The van der Waals surface area contributed by atoms with Crippen LogP contribution in [0.25, 0.3) is 0 Å². The van der Waals surface area contributed by atoms with E-state index in [2.05, 4.69) is 21.2 Å². The van der Waals surface area contributed by atoms with Gasteiger partial charge in [0.15, 0.2) is 0 Å². The van der Waals surface area contributed by atoms with Crippen molar-refractivity contribution < 1.29 is 13.2 Å². The van der Waals surface area contributed by atoms with Crippen LogP contribution in [0.1, 0.15) is 61.7 Å². The lowest BCUT2D eigenvalue weighted by molar-refractivity contribution is 0.102. The molecule has 188 valence electrons. The van der Waals surface area contributed by atoms with E-state index < -0.39 is 10.0 Å². The van der Waals surface area contributed by atoms with E-state index in [0.29, 0.717) is 18.7 Å². The van der Waals surface area contributed by atoms with Crippen LogP contribution in [0.5, 0.6) is 0 Å². The smallest absolute Gasteiger partial charge is 0.255 e. The second kappa shape index (κ2) is 10.6. The summed E-state index contributed by atoms with van der Waals surface area (Å²) in [5.41, 5.74) is 2.92. The first kappa shape index (κ1) is 24.1. The molecule has 3 fully saturated rings. The van der Waals surface area contributed by atoms with E-state index in [0.717, 1.165) is 75.3 Å². The Labute approximate surface area is 209 Å². The van der Waals surface area contributed by atoms with Gasteiger partial charge in [-0.05, 0) is 81.3 Å². The zero-order valence-electron chi connectivity index (χ0n) is 20.4. The van der Waals surface area contributed by atoms with Crippen LogP contribution < -0.4 is 15.1 Å². The molecule has 0 aliphatic carbocycles. The van der Waals surface area contributed by atoms with Crippen molar-refractivity contribution in [3.63, 3.8) is 0 Å². The lowest BCUT2D eigenvalue weighted by atomic mass is 10.1. The molecule has 3 saturated heterocycles. The number of hydrogen-bond donors (Lipinski definition) is 1.